The molecule has 0 aromatic heterocycles. The molecule has 13 heteroatoms. The number of fused-ring (bicyclic) bond motifs is 4. The van der Waals surface area contributed by atoms with E-state index in [1.165, 1.54) is 23.1 Å². The lowest BCUT2D eigenvalue weighted by Gasteiger charge is -2.33. The Morgan fingerprint density at radius 3 is 2.49 bits per heavy atom. The van der Waals surface area contributed by atoms with E-state index in [9.17, 15) is 27.2 Å². The fourth-order valence-electron chi connectivity index (χ4n) is 5.81. The minimum Gasteiger partial charge on any atom is -0.493 e. The number of nitrogens with zero attached hydrogens (tertiary/aromatic N) is 2. The number of aryl methyl sites for hydroxylation is 2. The van der Waals surface area contributed by atoms with Gasteiger partial charge in [0.25, 0.3) is 0 Å². The number of ether oxygens (including phenoxy) is 2. The highest BCUT2D eigenvalue weighted by molar-refractivity contribution is 7.92. The lowest BCUT2D eigenvalue weighted by Crippen LogP contribution is -2.51. The molecule has 3 amide bonds. The van der Waals surface area contributed by atoms with Crippen molar-refractivity contribution in [2.45, 2.75) is 57.0 Å². The SMILES string of the molecule is COc1cc2cc(c1OC)CCCNC(=O)C[C@@H]1CC[C@H](CNC(=O)CC2)N1C(=O)CN(c1cccc(F)c1)S(C)(=O)=O. The summed E-state index contributed by atoms with van der Waals surface area (Å²) < 4.78 is 51.2. The molecule has 11 nitrogen and oxygen atoms in total. The van der Waals surface area contributed by atoms with E-state index >= 15 is 0 Å². The normalized spacial score (nSPS) is 20.0. The number of benzene rings is 2. The number of hydrogen-bond acceptors (Lipinski definition) is 7. The molecule has 2 N–H and O–H groups in total. The molecule has 0 saturated carbocycles. The predicted molar refractivity (Wildman–Crippen MR) is 159 cm³/mol. The maximum absolute atomic E-state index is 13.9. The third-order valence-electron chi connectivity index (χ3n) is 7.84. The summed E-state index contributed by atoms with van der Waals surface area (Å²) in [7, 11) is -0.814. The van der Waals surface area contributed by atoms with Crippen LogP contribution < -0.4 is 24.4 Å². The van der Waals surface area contributed by atoms with E-state index < -0.39 is 40.4 Å². The molecule has 2 atom stereocenters. The Bertz CT molecular complexity index is 1450. The van der Waals surface area contributed by atoms with Crippen LogP contribution in [0.25, 0.3) is 0 Å². The summed E-state index contributed by atoms with van der Waals surface area (Å²) in [4.78, 5) is 41.1. The van der Waals surface area contributed by atoms with Gasteiger partial charge in [-0.25, -0.2) is 12.8 Å². The Morgan fingerprint density at radius 1 is 1.02 bits per heavy atom. The molecule has 2 aromatic rings. The van der Waals surface area contributed by atoms with Crippen LogP contribution in [0.3, 0.4) is 0 Å². The van der Waals surface area contributed by atoms with Gasteiger partial charge in [-0.1, -0.05) is 12.1 Å². The molecule has 4 rings (SSSR count). The minimum absolute atomic E-state index is 0.0247. The summed E-state index contributed by atoms with van der Waals surface area (Å²) in [5, 5.41) is 5.84. The van der Waals surface area contributed by atoms with Gasteiger partial charge in [0.2, 0.25) is 27.7 Å². The van der Waals surface area contributed by atoms with Crippen molar-refractivity contribution in [1.29, 1.82) is 0 Å². The van der Waals surface area contributed by atoms with Gasteiger partial charge in [0, 0.05) is 38.0 Å². The fourth-order valence-corrected chi connectivity index (χ4v) is 6.65. The molecule has 2 aliphatic heterocycles. The number of rotatable bonds is 6. The van der Waals surface area contributed by atoms with Gasteiger partial charge >= 0.3 is 0 Å². The second-order valence-electron chi connectivity index (χ2n) is 10.9. The molecular formula is C30H39FN4O7S. The van der Waals surface area contributed by atoms with Gasteiger partial charge in [0.1, 0.15) is 12.4 Å². The zero-order chi connectivity index (χ0) is 31.1. The van der Waals surface area contributed by atoms with Crippen molar-refractivity contribution in [3.05, 3.63) is 53.3 Å². The molecule has 1 saturated heterocycles. The van der Waals surface area contributed by atoms with Crippen LogP contribution in [0.5, 0.6) is 11.5 Å². The fraction of sp³-hybridized carbons (Fsp3) is 0.500. The van der Waals surface area contributed by atoms with E-state index in [1.807, 2.05) is 12.1 Å². The molecule has 0 radical (unpaired) electrons. The maximum Gasteiger partial charge on any atom is 0.243 e. The first-order chi connectivity index (χ1) is 20.5. The number of hydrogen-bond donors (Lipinski definition) is 2. The molecule has 0 unspecified atom stereocenters. The third kappa shape index (κ3) is 8.15. The first-order valence-electron chi connectivity index (χ1n) is 14.3. The summed E-state index contributed by atoms with van der Waals surface area (Å²) >= 11 is 0. The minimum atomic E-state index is -3.94. The summed E-state index contributed by atoms with van der Waals surface area (Å²) in [6, 6.07) is 7.93. The highest BCUT2D eigenvalue weighted by Crippen LogP contribution is 2.34. The molecule has 43 heavy (non-hydrogen) atoms. The average molecular weight is 619 g/mol. The molecule has 0 aliphatic carbocycles. The zero-order valence-corrected chi connectivity index (χ0v) is 25.5. The molecule has 234 valence electrons. The van der Waals surface area contributed by atoms with E-state index in [-0.39, 0.29) is 36.9 Å². The number of halogens is 1. The van der Waals surface area contributed by atoms with Gasteiger partial charge in [-0.3, -0.25) is 18.7 Å². The van der Waals surface area contributed by atoms with E-state index in [0.29, 0.717) is 50.1 Å². The third-order valence-corrected chi connectivity index (χ3v) is 8.98. The largest absolute Gasteiger partial charge is 0.493 e. The van der Waals surface area contributed by atoms with Gasteiger partial charge in [0.05, 0.1) is 26.2 Å². The second-order valence-corrected chi connectivity index (χ2v) is 12.8. The van der Waals surface area contributed by atoms with E-state index in [2.05, 4.69) is 10.6 Å². The van der Waals surface area contributed by atoms with Gasteiger partial charge < -0.3 is 25.0 Å². The van der Waals surface area contributed by atoms with Gasteiger partial charge in [-0.2, -0.15) is 0 Å². The van der Waals surface area contributed by atoms with Crippen molar-refractivity contribution >= 4 is 33.4 Å². The number of nitrogens with one attached hydrogen (secondary N) is 2. The van der Waals surface area contributed by atoms with Gasteiger partial charge in [-0.05, 0) is 67.5 Å². The van der Waals surface area contributed by atoms with E-state index in [1.54, 1.807) is 14.2 Å². The standard InChI is InChI=1S/C30H39FN4O7S/c1-41-26-15-20-9-12-27(36)33-18-25-11-10-24(17-28(37)32-13-5-6-21(14-20)30(26)42-2)35(25)29(38)19-34(43(3,39)40)23-8-4-7-22(31)16-23/h4,7-8,14-16,24-25H,5-6,9-13,17-19H2,1-3H3,(H,32,37)(H,33,36)/t24-,25+/m0/s1. The molecule has 4 bridgehead atoms. The topological polar surface area (TPSA) is 134 Å². The first kappa shape index (κ1) is 32.1. The highest BCUT2D eigenvalue weighted by Gasteiger charge is 2.39. The summed E-state index contributed by atoms with van der Waals surface area (Å²) in [5.74, 6) is -0.412. The summed E-state index contributed by atoms with van der Waals surface area (Å²) in [5.41, 5.74) is 1.85. The highest BCUT2D eigenvalue weighted by atomic mass is 32.2. The van der Waals surface area contributed by atoms with Crippen molar-refractivity contribution in [2.24, 2.45) is 0 Å². The number of carbonyl (C=O) groups excluding carboxylic acids is 3. The van der Waals surface area contributed by atoms with Crippen LogP contribution in [-0.2, 0) is 37.2 Å². The van der Waals surface area contributed by atoms with Gasteiger partial charge in [-0.15, -0.1) is 0 Å². The molecule has 2 heterocycles. The Labute approximate surface area is 251 Å². The lowest BCUT2D eigenvalue weighted by atomic mass is 10.0. The van der Waals surface area contributed by atoms with Crippen molar-refractivity contribution < 1.29 is 36.7 Å². The van der Waals surface area contributed by atoms with Crippen molar-refractivity contribution in [3.63, 3.8) is 0 Å². The lowest BCUT2D eigenvalue weighted by molar-refractivity contribution is -0.134. The van der Waals surface area contributed by atoms with E-state index in [4.69, 9.17) is 9.47 Å². The smallest absolute Gasteiger partial charge is 0.243 e. The number of amides is 3. The number of carbonyl (C=O) groups is 3. The quantitative estimate of drug-likeness (QED) is 0.507. The van der Waals surface area contributed by atoms with Crippen LogP contribution in [0.15, 0.2) is 36.4 Å². The first-order valence-corrected chi connectivity index (χ1v) is 16.2. The van der Waals surface area contributed by atoms with Gasteiger partial charge in [0.15, 0.2) is 11.5 Å². The molecule has 2 aliphatic rings. The van der Waals surface area contributed by atoms with Crippen molar-refractivity contribution in [2.75, 3.05) is 44.4 Å². The average Bonchev–Trinajstić information content (AvgIpc) is 3.36. The van der Waals surface area contributed by atoms with Crippen LogP contribution in [0.4, 0.5) is 10.1 Å². The Morgan fingerprint density at radius 2 is 1.79 bits per heavy atom. The monoisotopic (exact) mass is 618 g/mol. The summed E-state index contributed by atoms with van der Waals surface area (Å²) in [6.45, 7) is -0.0110. The molecule has 2 aromatic carbocycles. The molecule has 0 spiro atoms. The Balaban J connectivity index is 1.56. The van der Waals surface area contributed by atoms with Crippen LogP contribution in [-0.4, -0.2) is 83.2 Å². The van der Waals surface area contributed by atoms with Crippen molar-refractivity contribution in [3.8, 4) is 11.5 Å². The maximum atomic E-state index is 13.9. The van der Waals surface area contributed by atoms with Crippen LogP contribution in [0.2, 0.25) is 0 Å². The zero-order valence-electron chi connectivity index (χ0n) is 24.7. The second kappa shape index (κ2) is 14.1. The number of methoxy groups -OCH3 is 2. The predicted octanol–water partition coefficient (Wildman–Crippen LogP) is 2.17. The van der Waals surface area contributed by atoms with Crippen LogP contribution in [0, 0.1) is 5.82 Å². The number of anilines is 1. The van der Waals surface area contributed by atoms with Crippen LogP contribution >= 0.6 is 0 Å². The van der Waals surface area contributed by atoms with Crippen LogP contribution in [0.1, 0.15) is 43.2 Å². The van der Waals surface area contributed by atoms with E-state index in [0.717, 1.165) is 27.8 Å². The molecule has 1 fully saturated rings. The summed E-state index contributed by atoms with van der Waals surface area (Å²) in [6.07, 6.45) is 3.93. The molecular weight excluding hydrogens is 579 g/mol. The Kier molecular flexibility index (Phi) is 10.5. The van der Waals surface area contributed by atoms with Crippen molar-refractivity contribution in [1.82, 2.24) is 15.5 Å². The Hall–Kier alpha value is -3.87. The number of sulfonamides is 1.